The molecule has 0 bridgehead atoms. The highest BCUT2D eigenvalue weighted by molar-refractivity contribution is 5.34. The summed E-state index contributed by atoms with van der Waals surface area (Å²) < 4.78 is 0. The second-order valence-corrected chi connectivity index (χ2v) is 6.24. The van der Waals surface area contributed by atoms with Crippen molar-refractivity contribution in [1.29, 1.82) is 5.26 Å². The van der Waals surface area contributed by atoms with Crippen molar-refractivity contribution in [3.63, 3.8) is 0 Å². The molecule has 0 spiro atoms. The lowest BCUT2D eigenvalue weighted by atomic mass is 9.83. The highest BCUT2D eigenvalue weighted by atomic mass is 14.7. The first-order valence-corrected chi connectivity index (χ1v) is 5.58. The Morgan fingerprint density at radius 3 is 1.94 bits per heavy atom. The van der Waals surface area contributed by atoms with Crippen LogP contribution in [0.4, 0.5) is 0 Å². The summed E-state index contributed by atoms with van der Waals surface area (Å²) in [4.78, 5) is 4.38. The molecule has 0 aliphatic heterocycles. The van der Waals surface area contributed by atoms with Crippen molar-refractivity contribution in [1.82, 2.24) is 4.98 Å². The Morgan fingerprint density at radius 2 is 1.56 bits per heavy atom. The van der Waals surface area contributed by atoms with Crippen molar-refractivity contribution in [3.05, 3.63) is 29.1 Å². The minimum absolute atomic E-state index is 0.0210. The molecular weight excluding hydrogens is 196 g/mol. The quantitative estimate of drug-likeness (QED) is 0.665. The molecule has 1 rings (SSSR count). The molecule has 0 amide bonds. The molecule has 0 aromatic carbocycles. The molecule has 0 aliphatic carbocycles. The third-order valence-corrected chi connectivity index (χ3v) is 2.57. The van der Waals surface area contributed by atoms with Gasteiger partial charge in [0.2, 0.25) is 0 Å². The van der Waals surface area contributed by atoms with Crippen LogP contribution in [0.3, 0.4) is 0 Å². The zero-order valence-electron chi connectivity index (χ0n) is 11.0. The zero-order valence-corrected chi connectivity index (χ0v) is 11.0. The molecule has 1 aromatic rings. The molecular formula is C14H20N2. The topological polar surface area (TPSA) is 36.7 Å². The van der Waals surface area contributed by atoms with Crippen molar-refractivity contribution >= 4 is 0 Å². The smallest absolute Gasteiger partial charge is 0.141 e. The Balaban J connectivity index is 3.41. The van der Waals surface area contributed by atoms with E-state index in [-0.39, 0.29) is 10.8 Å². The van der Waals surface area contributed by atoms with Gasteiger partial charge in [0.15, 0.2) is 0 Å². The van der Waals surface area contributed by atoms with Gasteiger partial charge in [-0.15, -0.1) is 0 Å². The van der Waals surface area contributed by atoms with Crippen molar-refractivity contribution in [2.24, 2.45) is 0 Å². The molecule has 0 saturated carbocycles. The molecule has 0 unspecified atom stereocenters. The number of hydrogen-bond donors (Lipinski definition) is 0. The molecule has 16 heavy (non-hydrogen) atoms. The van der Waals surface area contributed by atoms with Crippen molar-refractivity contribution in [3.8, 4) is 6.07 Å². The van der Waals surface area contributed by atoms with E-state index in [2.05, 4.69) is 58.7 Å². The lowest BCUT2D eigenvalue weighted by Crippen LogP contribution is -2.18. The van der Waals surface area contributed by atoms with Crippen molar-refractivity contribution in [2.75, 3.05) is 0 Å². The highest BCUT2D eigenvalue weighted by Crippen LogP contribution is 2.28. The van der Waals surface area contributed by atoms with Crippen LogP contribution >= 0.6 is 0 Å². The first-order valence-electron chi connectivity index (χ1n) is 5.58. The van der Waals surface area contributed by atoms with E-state index in [1.54, 1.807) is 0 Å². The highest BCUT2D eigenvalue weighted by Gasteiger charge is 2.21. The summed E-state index contributed by atoms with van der Waals surface area (Å²) in [6, 6.07) is 6.14. The lowest BCUT2D eigenvalue weighted by Gasteiger charge is -2.24. The fourth-order valence-corrected chi connectivity index (χ4v) is 1.41. The van der Waals surface area contributed by atoms with Gasteiger partial charge in [-0.2, -0.15) is 5.26 Å². The van der Waals surface area contributed by atoms with Crippen molar-refractivity contribution in [2.45, 2.75) is 52.4 Å². The number of aromatic nitrogens is 1. The summed E-state index contributed by atoms with van der Waals surface area (Å²) in [5.41, 5.74) is 2.69. The molecule has 0 radical (unpaired) electrons. The van der Waals surface area contributed by atoms with Crippen LogP contribution < -0.4 is 0 Å². The van der Waals surface area contributed by atoms with Crippen LogP contribution in [0.25, 0.3) is 0 Å². The maximum atomic E-state index is 9.01. The second kappa shape index (κ2) is 3.90. The van der Waals surface area contributed by atoms with Gasteiger partial charge in [0, 0.05) is 11.1 Å². The van der Waals surface area contributed by atoms with E-state index in [0.717, 1.165) is 5.69 Å². The standard InChI is InChI=1S/C14H20N2/c1-13(2,3)10-7-11(9-15)16-12(8-10)14(4,5)6/h7-8H,1-6H3. The summed E-state index contributed by atoms with van der Waals surface area (Å²) in [5.74, 6) is 0. The number of nitrogens with zero attached hydrogens (tertiary/aromatic N) is 2. The third kappa shape index (κ3) is 2.82. The van der Waals surface area contributed by atoms with E-state index < -0.39 is 0 Å². The van der Waals surface area contributed by atoms with Gasteiger partial charge in [0.25, 0.3) is 0 Å². The van der Waals surface area contributed by atoms with Gasteiger partial charge in [-0.05, 0) is 23.1 Å². The Kier molecular flexibility index (Phi) is 3.10. The molecule has 2 heteroatoms. The summed E-state index contributed by atoms with van der Waals surface area (Å²) in [7, 11) is 0. The molecule has 1 aromatic heterocycles. The number of rotatable bonds is 0. The van der Waals surface area contributed by atoms with Crippen LogP contribution in [0.5, 0.6) is 0 Å². The average Bonchev–Trinajstić information content (AvgIpc) is 2.14. The van der Waals surface area contributed by atoms with Gasteiger partial charge in [-0.25, -0.2) is 4.98 Å². The molecule has 0 aliphatic rings. The molecule has 2 nitrogen and oxygen atoms in total. The van der Waals surface area contributed by atoms with Crippen LogP contribution in [0.15, 0.2) is 12.1 Å². The Hall–Kier alpha value is -1.36. The largest absolute Gasteiger partial charge is 0.242 e. The van der Waals surface area contributed by atoms with Crippen LogP contribution in [-0.2, 0) is 10.8 Å². The predicted octanol–water partition coefficient (Wildman–Crippen LogP) is 3.55. The second-order valence-electron chi connectivity index (χ2n) is 6.24. The minimum atomic E-state index is -0.0210. The Morgan fingerprint density at radius 1 is 1.00 bits per heavy atom. The van der Waals surface area contributed by atoms with E-state index in [9.17, 15) is 0 Å². The maximum absolute atomic E-state index is 9.01. The zero-order chi connectivity index (χ0) is 12.6. The summed E-state index contributed by atoms with van der Waals surface area (Å²) in [6.07, 6.45) is 0. The van der Waals surface area contributed by atoms with E-state index in [0.29, 0.717) is 5.69 Å². The van der Waals surface area contributed by atoms with Crippen LogP contribution in [0.2, 0.25) is 0 Å². The summed E-state index contributed by atoms with van der Waals surface area (Å²) in [6.45, 7) is 12.8. The van der Waals surface area contributed by atoms with E-state index in [1.807, 2.05) is 6.07 Å². The normalized spacial score (nSPS) is 12.3. The Bertz CT molecular complexity index is 393. The van der Waals surface area contributed by atoms with Crippen molar-refractivity contribution < 1.29 is 0 Å². The first-order chi connectivity index (χ1) is 7.14. The van der Waals surface area contributed by atoms with Crippen LogP contribution in [0, 0.1) is 11.3 Å². The van der Waals surface area contributed by atoms with Gasteiger partial charge in [-0.1, -0.05) is 41.5 Å². The fourth-order valence-electron chi connectivity index (χ4n) is 1.41. The van der Waals surface area contributed by atoms with Gasteiger partial charge in [0.05, 0.1) is 0 Å². The lowest BCUT2D eigenvalue weighted by molar-refractivity contribution is 0.551. The van der Waals surface area contributed by atoms with Gasteiger partial charge < -0.3 is 0 Å². The SMILES string of the molecule is CC(C)(C)c1cc(C#N)nc(C(C)(C)C)c1. The van der Waals surface area contributed by atoms with Crippen LogP contribution in [0.1, 0.15) is 58.5 Å². The number of hydrogen-bond acceptors (Lipinski definition) is 2. The summed E-state index contributed by atoms with van der Waals surface area (Å²) in [5, 5.41) is 9.01. The Labute approximate surface area is 98.3 Å². The van der Waals surface area contributed by atoms with Gasteiger partial charge in [-0.3, -0.25) is 0 Å². The van der Waals surface area contributed by atoms with Crippen LogP contribution in [-0.4, -0.2) is 4.98 Å². The molecule has 0 saturated heterocycles. The van der Waals surface area contributed by atoms with E-state index >= 15 is 0 Å². The molecule has 86 valence electrons. The number of pyridine rings is 1. The fraction of sp³-hybridized carbons (Fsp3) is 0.571. The van der Waals surface area contributed by atoms with E-state index in [4.69, 9.17) is 5.26 Å². The monoisotopic (exact) mass is 216 g/mol. The van der Waals surface area contributed by atoms with Gasteiger partial charge in [0.1, 0.15) is 11.8 Å². The van der Waals surface area contributed by atoms with E-state index in [1.165, 1.54) is 5.56 Å². The third-order valence-electron chi connectivity index (χ3n) is 2.57. The summed E-state index contributed by atoms with van der Waals surface area (Å²) >= 11 is 0. The first kappa shape index (κ1) is 12.7. The predicted molar refractivity (Wildman–Crippen MR) is 66.4 cm³/mol. The minimum Gasteiger partial charge on any atom is -0.242 e. The number of nitriles is 1. The average molecular weight is 216 g/mol. The molecule has 0 atom stereocenters. The molecule has 1 heterocycles. The maximum Gasteiger partial charge on any atom is 0.141 e. The molecule has 0 fully saturated rings. The molecule has 0 N–H and O–H groups in total. The van der Waals surface area contributed by atoms with Gasteiger partial charge >= 0.3 is 0 Å².